The summed E-state index contributed by atoms with van der Waals surface area (Å²) in [5.74, 6) is -0.976. The first-order chi connectivity index (χ1) is 6.86. The highest BCUT2D eigenvalue weighted by molar-refractivity contribution is 7.30. The van der Waals surface area contributed by atoms with Crippen LogP contribution in [0, 0.1) is 11.6 Å². The topological polar surface area (TPSA) is 9.23 Å². The van der Waals surface area contributed by atoms with Gasteiger partial charge in [0.1, 0.15) is 13.7 Å². The van der Waals surface area contributed by atoms with Crippen LogP contribution in [-0.2, 0) is 0 Å². The number of hydrogen-bond acceptors (Lipinski definition) is 1. The number of benzene rings is 1. The van der Waals surface area contributed by atoms with Gasteiger partial charge >= 0.3 is 0 Å². The van der Waals surface area contributed by atoms with Gasteiger partial charge in [-0.1, -0.05) is 9.24 Å². The van der Waals surface area contributed by atoms with Crippen LogP contribution in [0.4, 0.5) is 8.78 Å². The molecule has 1 nitrogen and oxygen atoms in total. The first kappa shape index (κ1) is 12.9. The Morgan fingerprint density at radius 2 is 1.67 bits per heavy atom. The third-order valence-electron chi connectivity index (χ3n) is 2.00. The van der Waals surface area contributed by atoms with Crippen molar-refractivity contribution in [3.63, 3.8) is 0 Å². The summed E-state index contributed by atoms with van der Waals surface area (Å²) in [4.78, 5) is 0. The molecule has 1 aromatic rings. The quantitative estimate of drug-likeness (QED) is 0.529. The highest BCUT2D eigenvalue weighted by Gasteiger charge is 2.19. The van der Waals surface area contributed by atoms with Crippen LogP contribution >= 0.6 is 18.5 Å². The van der Waals surface area contributed by atoms with Gasteiger partial charge in [0.25, 0.3) is 0 Å². The fourth-order valence-corrected chi connectivity index (χ4v) is 1.97. The molecule has 0 aliphatic rings. The Bertz CT molecular complexity index is 367. The third kappa shape index (κ3) is 2.49. The van der Waals surface area contributed by atoms with E-state index in [9.17, 15) is 8.78 Å². The molecule has 6 heteroatoms. The van der Waals surface area contributed by atoms with Crippen molar-refractivity contribution in [3.8, 4) is 5.75 Å². The Hall–Kier alpha value is -0.195. The standard InChI is InChI=1S/C9H13BF2OP2/c1-3(2)13-7-5(11)4(10)8(14)6(12)9(7)15/h3H,10,14-15H2,1-2H3. The summed E-state index contributed by atoms with van der Waals surface area (Å²) in [5.41, 5.74) is 0.263. The van der Waals surface area contributed by atoms with Gasteiger partial charge in [0.2, 0.25) is 0 Å². The minimum atomic E-state index is -0.500. The lowest BCUT2D eigenvalue weighted by Crippen LogP contribution is -2.33. The zero-order valence-electron chi connectivity index (χ0n) is 8.90. The summed E-state index contributed by atoms with van der Waals surface area (Å²) in [5, 5.41) is 0.380. The van der Waals surface area contributed by atoms with Gasteiger partial charge in [-0.05, 0) is 19.3 Å². The Kier molecular flexibility index (Phi) is 4.09. The number of halogens is 2. The predicted octanol–water partition coefficient (Wildman–Crippen LogP) is 0.0112. The van der Waals surface area contributed by atoms with Crippen molar-refractivity contribution in [2.45, 2.75) is 20.0 Å². The van der Waals surface area contributed by atoms with Gasteiger partial charge in [-0.15, -0.1) is 9.24 Å². The Morgan fingerprint density at radius 3 is 2.13 bits per heavy atom. The lowest BCUT2D eigenvalue weighted by atomic mass is 9.94. The molecule has 0 aliphatic heterocycles. The predicted molar refractivity (Wildman–Crippen MR) is 69.0 cm³/mol. The van der Waals surface area contributed by atoms with E-state index in [1.54, 1.807) is 13.8 Å². The van der Waals surface area contributed by atoms with Crippen LogP contribution in [0.3, 0.4) is 0 Å². The van der Waals surface area contributed by atoms with E-state index in [-0.39, 0.29) is 27.9 Å². The van der Waals surface area contributed by atoms with Crippen LogP contribution in [0.5, 0.6) is 5.75 Å². The summed E-state index contributed by atoms with van der Waals surface area (Å²) in [6.07, 6.45) is -0.187. The largest absolute Gasteiger partial charge is 0.487 e. The second-order valence-corrected chi connectivity index (χ2v) is 4.73. The fourth-order valence-electron chi connectivity index (χ4n) is 1.17. The molecule has 0 saturated heterocycles. The van der Waals surface area contributed by atoms with Crippen LogP contribution in [0.2, 0.25) is 0 Å². The third-order valence-corrected chi connectivity index (χ3v) is 3.21. The maximum atomic E-state index is 13.7. The molecule has 82 valence electrons. The van der Waals surface area contributed by atoms with Gasteiger partial charge in [-0.2, -0.15) is 0 Å². The zero-order chi connectivity index (χ0) is 11.7. The van der Waals surface area contributed by atoms with E-state index in [4.69, 9.17) is 4.74 Å². The van der Waals surface area contributed by atoms with Crippen LogP contribution in [-0.4, -0.2) is 14.0 Å². The van der Waals surface area contributed by atoms with Crippen molar-refractivity contribution in [1.82, 2.24) is 0 Å². The lowest BCUT2D eigenvalue weighted by molar-refractivity contribution is 0.233. The normalized spacial score (nSPS) is 10.9. The van der Waals surface area contributed by atoms with E-state index >= 15 is 0 Å². The van der Waals surface area contributed by atoms with Gasteiger partial charge < -0.3 is 4.74 Å². The van der Waals surface area contributed by atoms with Crippen LogP contribution < -0.4 is 20.8 Å². The molecule has 0 radical (unpaired) electrons. The highest BCUT2D eigenvalue weighted by Crippen LogP contribution is 2.18. The maximum Gasteiger partial charge on any atom is 0.164 e. The van der Waals surface area contributed by atoms with Crippen molar-refractivity contribution >= 4 is 42.4 Å². The monoisotopic (exact) mass is 248 g/mol. The average Bonchev–Trinajstić information content (AvgIpc) is 2.18. The highest BCUT2D eigenvalue weighted by atomic mass is 31.0. The van der Waals surface area contributed by atoms with E-state index < -0.39 is 11.6 Å². The van der Waals surface area contributed by atoms with Crippen LogP contribution in [0.25, 0.3) is 0 Å². The molecule has 15 heavy (non-hydrogen) atoms. The molecule has 0 fully saturated rings. The fraction of sp³-hybridized carbons (Fsp3) is 0.333. The molecule has 0 heterocycles. The SMILES string of the molecule is Bc1c(F)c(OC(C)C)c(P)c(F)c1P. The summed E-state index contributed by atoms with van der Waals surface area (Å²) >= 11 is 0. The van der Waals surface area contributed by atoms with Gasteiger partial charge in [0.05, 0.1) is 11.4 Å². The van der Waals surface area contributed by atoms with E-state index in [1.807, 2.05) is 0 Å². The van der Waals surface area contributed by atoms with Gasteiger partial charge in [0.15, 0.2) is 11.6 Å². The molecule has 2 unspecified atom stereocenters. The molecule has 0 bridgehead atoms. The van der Waals surface area contributed by atoms with Gasteiger partial charge in [0, 0.05) is 5.30 Å². The molecule has 0 saturated carbocycles. The minimum Gasteiger partial charge on any atom is -0.487 e. The molecular formula is C9H13BF2OP2. The number of ether oxygens (including phenoxy) is 1. The molecular weight excluding hydrogens is 235 g/mol. The molecule has 0 aromatic heterocycles. The molecule has 0 amide bonds. The van der Waals surface area contributed by atoms with Crippen molar-refractivity contribution in [3.05, 3.63) is 11.6 Å². The second-order valence-electron chi connectivity index (χ2n) is 3.58. The van der Waals surface area contributed by atoms with Gasteiger partial charge in [-0.25, -0.2) is 8.78 Å². The molecule has 0 N–H and O–H groups in total. The van der Waals surface area contributed by atoms with E-state index in [0.717, 1.165) is 0 Å². The first-order valence-corrected chi connectivity index (χ1v) is 5.70. The van der Waals surface area contributed by atoms with Crippen molar-refractivity contribution in [1.29, 1.82) is 0 Å². The van der Waals surface area contributed by atoms with Crippen molar-refractivity contribution < 1.29 is 13.5 Å². The molecule has 0 spiro atoms. The lowest BCUT2D eigenvalue weighted by Gasteiger charge is -2.16. The molecule has 0 aliphatic carbocycles. The molecule has 1 aromatic carbocycles. The van der Waals surface area contributed by atoms with Crippen molar-refractivity contribution in [2.24, 2.45) is 0 Å². The number of hydrogen-bond donors (Lipinski definition) is 0. The summed E-state index contributed by atoms with van der Waals surface area (Å²) < 4.78 is 32.6. The van der Waals surface area contributed by atoms with E-state index in [0.29, 0.717) is 0 Å². The average molecular weight is 248 g/mol. The van der Waals surface area contributed by atoms with Gasteiger partial charge in [-0.3, -0.25) is 0 Å². The van der Waals surface area contributed by atoms with Crippen LogP contribution in [0.1, 0.15) is 13.8 Å². The van der Waals surface area contributed by atoms with Crippen LogP contribution in [0.15, 0.2) is 0 Å². The molecule has 1 rings (SSSR count). The summed E-state index contributed by atoms with van der Waals surface area (Å²) in [6.45, 7) is 3.54. The molecule has 2 atom stereocenters. The van der Waals surface area contributed by atoms with Crippen molar-refractivity contribution in [2.75, 3.05) is 0 Å². The number of rotatable bonds is 2. The summed E-state index contributed by atoms with van der Waals surface area (Å²) in [6, 6.07) is 0. The minimum absolute atomic E-state index is 0.0174. The van der Waals surface area contributed by atoms with E-state index in [2.05, 4.69) is 18.5 Å². The second kappa shape index (κ2) is 4.76. The zero-order valence-corrected chi connectivity index (χ0v) is 11.2. The Morgan fingerprint density at radius 1 is 1.13 bits per heavy atom. The summed E-state index contributed by atoms with van der Waals surface area (Å²) in [7, 11) is 5.89. The maximum absolute atomic E-state index is 13.7. The Balaban J connectivity index is 3.39. The first-order valence-electron chi connectivity index (χ1n) is 4.55. The Labute approximate surface area is 93.8 Å². The smallest absolute Gasteiger partial charge is 0.164 e. The van der Waals surface area contributed by atoms with E-state index in [1.165, 1.54) is 7.85 Å².